The maximum atomic E-state index is 14.0. The molecular weight excluding hydrogens is 1220 g/mol. The van der Waals surface area contributed by atoms with E-state index in [1.54, 1.807) is 42.5 Å². The summed E-state index contributed by atoms with van der Waals surface area (Å²) in [7, 11) is -5.14. The maximum Gasteiger partial charge on any atom is 0.408 e. The molecule has 6 amide bonds. The smallest absolute Gasteiger partial charge is 0.408 e. The molecule has 0 unspecified atom stereocenters. The van der Waals surface area contributed by atoms with Crippen molar-refractivity contribution in [3.05, 3.63) is 71.8 Å². The van der Waals surface area contributed by atoms with Gasteiger partial charge in [-0.05, 0) is 54.9 Å². The molecule has 2 aliphatic heterocycles. The van der Waals surface area contributed by atoms with Crippen molar-refractivity contribution in [3.8, 4) is 0 Å². The third kappa shape index (κ3) is 25.6. The molecule has 1 aliphatic carbocycles. The van der Waals surface area contributed by atoms with Gasteiger partial charge in [0.1, 0.15) is 80.3 Å². The molecule has 28 nitrogen and oxygen atoms in total. The number of benzene rings is 2. The first-order valence-corrected chi connectivity index (χ1v) is 41.3. The molecule has 502 valence electrons. The van der Waals surface area contributed by atoms with Crippen LogP contribution >= 0.6 is 0 Å². The summed E-state index contributed by atoms with van der Waals surface area (Å²) in [5, 5.41) is 95.8. The zero-order valence-corrected chi connectivity index (χ0v) is 55.4. The predicted octanol–water partition coefficient (Wildman–Crippen LogP) is 2.57. The Morgan fingerprint density at radius 1 is 0.517 bits per heavy atom. The van der Waals surface area contributed by atoms with Crippen LogP contribution in [0, 0.1) is 0 Å². The Kier molecular flexibility index (Phi) is 29.5. The van der Waals surface area contributed by atoms with Crippen molar-refractivity contribution in [3.63, 3.8) is 0 Å². The van der Waals surface area contributed by atoms with E-state index in [4.69, 9.17) is 42.6 Å². The van der Waals surface area contributed by atoms with Crippen molar-refractivity contribution in [2.24, 2.45) is 0 Å². The van der Waals surface area contributed by atoms with Crippen LogP contribution in [0.2, 0.25) is 77.1 Å². The highest BCUT2D eigenvalue weighted by Crippen LogP contribution is 2.34. The van der Waals surface area contributed by atoms with E-state index in [-0.39, 0.29) is 58.8 Å². The number of hydrogen-bond donors (Lipinski definition) is 13. The Morgan fingerprint density at radius 2 is 0.978 bits per heavy atom. The quantitative estimate of drug-likeness (QED) is 0.0304. The highest BCUT2D eigenvalue weighted by molar-refractivity contribution is 6.76. The van der Waals surface area contributed by atoms with E-state index in [0.29, 0.717) is 30.1 Å². The minimum absolute atomic E-state index is 0.00539. The van der Waals surface area contributed by atoms with Gasteiger partial charge in [0.2, 0.25) is 5.91 Å². The minimum atomic E-state index is -2.09. The van der Waals surface area contributed by atoms with Gasteiger partial charge in [0.15, 0.2) is 12.6 Å². The molecule has 0 aromatic heterocycles. The van der Waals surface area contributed by atoms with E-state index in [0.717, 1.165) is 5.56 Å². The highest BCUT2D eigenvalue weighted by Gasteiger charge is 2.54. The summed E-state index contributed by atoms with van der Waals surface area (Å²) in [5.74, 6) is -0.789. The lowest BCUT2D eigenvalue weighted by atomic mass is 9.83. The average Bonchev–Trinajstić information content (AvgIpc) is 1.28. The van der Waals surface area contributed by atoms with Crippen LogP contribution in [0.15, 0.2) is 60.7 Å². The van der Waals surface area contributed by atoms with Crippen molar-refractivity contribution in [2.45, 2.75) is 214 Å². The van der Waals surface area contributed by atoms with Gasteiger partial charge in [0, 0.05) is 37.3 Å². The number of amides is 6. The van der Waals surface area contributed by atoms with Crippen LogP contribution in [0.5, 0.6) is 0 Å². The van der Waals surface area contributed by atoms with Crippen LogP contribution < -0.4 is 31.9 Å². The van der Waals surface area contributed by atoms with Gasteiger partial charge in [0.25, 0.3) is 0 Å². The zero-order chi connectivity index (χ0) is 65.6. The van der Waals surface area contributed by atoms with Gasteiger partial charge in [-0.25, -0.2) is 24.0 Å². The van der Waals surface area contributed by atoms with Crippen molar-refractivity contribution < 1.29 is 107 Å². The number of nitrogens with one attached hydrogen (secondary N) is 6. The Labute approximate surface area is 522 Å². The molecule has 2 heterocycles. The highest BCUT2D eigenvalue weighted by atomic mass is 28.3. The molecule has 13 N–H and O–H groups in total. The third-order valence-electron chi connectivity index (χ3n) is 15.0. The fraction of sp³-hybridized carbons (Fsp3) is 0.690. The van der Waals surface area contributed by atoms with Crippen LogP contribution in [0.25, 0.3) is 0 Å². The molecule has 1 saturated carbocycles. The number of carbonyl (C=O) groups is 6. The van der Waals surface area contributed by atoms with Crippen molar-refractivity contribution >= 4 is 60.6 Å². The molecule has 5 rings (SSSR count). The molecule has 89 heavy (non-hydrogen) atoms. The molecule has 31 heteroatoms. The number of rotatable bonds is 30. The zero-order valence-electron chi connectivity index (χ0n) is 52.4. The lowest BCUT2D eigenvalue weighted by Crippen LogP contribution is -2.70. The van der Waals surface area contributed by atoms with Crippen molar-refractivity contribution in [2.75, 3.05) is 39.5 Å². The summed E-state index contributed by atoms with van der Waals surface area (Å²) in [6.07, 6.45) is -26.6. The molecule has 2 aromatic carbocycles. The lowest BCUT2D eigenvalue weighted by Gasteiger charge is -2.49. The molecular formula is C58H96N6O22Si3. The Bertz CT molecular complexity index is 2520. The van der Waals surface area contributed by atoms with Crippen LogP contribution in [0.1, 0.15) is 36.8 Å². The topological polar surface area (TPSA) is 399 Å². The molecule has 0 spiro atoms. The van der Waals surface area contributed by atoms with Gasteiger partial charge < -0.3 is 110 Å². The van der Waals surface area contributed by atoms with Gasteiger partial charge in [-0.15, -0.1) is 0 Å². The van der Waals surface area contributed by atoms with Crippen molar-refractivity contribution in [1.29, 1.82) is 0 Å². The van der Waals surface area contributed by atoms with Crippen LogP contribution in [-0.4, -0.2) is 234 Å². The monoisotopic (exact) mass is 1310 g/mol. The lowest BCUT2D eigenvalue weighted by molar-refractivity contribution is -0.334. The van der Waals surface area contributed by atoms with Crippen molar-refractivity contribution in [1.82, 2.24) is 31.9 Å². The van der Waals surface area contributed by atoms with Crippen LogP contribution in [0.3, 0.4) is 0 Å². The number of alkyl carbamates (subject to hydrolysis) is 5. The first kappa shape index (κ1) is 74.2. The number of aliphatic hydroxyl groups is 7. The Balaban J connectivity index is 1.38. The third-order valence-corrected chi connectivity index (χ3v) is 20.1. The van der Waals surface area contributed by atoms with Gasteiger partial charge in [0.05, 0.1) is 44.6 Å². The van der Waals surface area contributed by atoms with E-state index in [1.165, 1.54) is 0 Å². The second kappa shape index (κ2) is 35.3. The standard InChI is InChI=1S/C58H96N6O22Si3/c1-87(2,3)27-24-78-55(74)62-38-30-39(63-56(75)79-25-28-88(4,5)6)50(48(71)49(38)85-52-45(68)42(43(66)41(32-65)84-52)64-58(77)80-26-29-89(7,8)9)86-53-47(70)46(69)44(67)40(83-53)31-60-51(72)37(61-57(76)82-34-36-20-14-11-15-21-36)22-16-17-23-59-54(73)81-33-35-18-12-10-13-19-35/h10-15,18-21,37-50,52-53,65-71H,16-17,22-34H2,1-9H3,(H,59,73)(H,60,72)(H,61,76)(H,62,74)(H,63,75)(H,64,77)/t37-,38+,39-,40+,41+,42-,43+,44+,45+,46-,47+,48+,49-,50-,52-,53-/m0/s1. The van der Waals surface area contributed by atoms with Gasteiger partial charge in [-0.3, -0.25) is 4.79 Å². The summed E-state index contributed by atoms with van der Waals surface area (Å²) in [5.41, 5.74) is 1.46. The average molecular weight is 1310 g/mol. The summed E-state index contributed by atoms with van der Waals surface area (Å²) in [6, 6.07) is 14.0. The molecule has 3 fully saturated rings. The molecule has 2 saturated heterocycles. The number of hydrogen-bond acceptors (Lipinski definition) is 22. The van der Waals surface area contributed by atoms with E-state index in [1.807, 2.05) is 18.2 Å². The fourth-order valence-corrected chi connectivity index (χ4v) is 11.7. The summed E-state index contributed by atoms with van der Waals surface area (Å²) >= 11 is 0. The second-order valence-electron chi connectivity index (χ2n) is 26.1. The molecule has 3 aliphatic rings. The summed E-state index contributed by atoms with van der Waals surface area (Å²) in [4.78, 5) is 80.0. The SMILES string of the molecule is C[Si](C)(C)CCOC(=O)N[C@@H]1[C@@H](O)[C@H](O[C@@H]2[C@@H](O)[C@@H](O[C@@H]3O[C@H](CNC(=O)[C@H](CCCCNC(=O)OCc4ccccc4)NC(=O)OCc4ccccc4)[C@@H](O)[C@H](O)[C@H]3O)[C@@H](NC(=O)OCC[Si](C)(C)C)C[C@H]2NC(=O)OCC[Si](C)(C)C)O[C@H](CO)[C@H]1O. The van der Waals surface area contributed by atoms with E-state index in [2.05, 4.69) is 90.8 Å². The summed E-state index contributed by atoms with van der Waals surface area (Å²) < 4.78 is 51.7. The van der Waals surface area contributed by atoms with Crippen LogP contribution in [0.4, 0.5) is 24.0 Å². The number of carbonyl (C=O) groups excluding carboxylic acids is 6. The number of aliphatic hydroxyl groups excluding tert-OH is 7. The van der Waals surface area contributed by atoms with E-state index >= 15 is 0 Å². The van der Waals surface area contributed by atoms with E-state index in [9.17, 15) is 64.5 Å². The molecule has 0 bridgehead atoms. The Morgan fingerprint density at radius 3 is 1.46 bits per heavy atom. The predicted molar refractivity (Wildman–Crippen MR) is 329 cm³/mol. The maximum absolute atomic E-state index is 14.0. The number of unbranched alkanes of at least 4 members (excludes halogenated alkanes) is 1. The minimum Gasteiger partial charge on any atom is -0.450 e. The van der Waals surface area contributed by atoms with Crippen LogP contribution in [-0.2, 0) is 60.6 Å². The first-order chi connectivity index (χ1) is 41.9. The molecule has 16 atom stereocenters. The van der Waals surface area contributed by atoms with E-state index < -0.39 is 172 Å². The Hall–Kier alpha value is -5.53. The first-order valence-electron chi connectivity index (χ1n) is 30.2. The summed E-state index contributed by atoms with van der Waals surface area (Å²) in [6.45, 7) is 17.3. The largest absolute Gasteiger partial charge is 0.450 e. The fourth-order valence-electron chi connectivity index (χ4n) is 9.57. The van der Waals surface area contributed by atoms with Gasteiger partial charge in [-0.1, -0.05) is 120 Å². The molecule has 0 radical (unpaired) electrons. The normalized spacial score (nSPS) is 27.6. The number of ether oxygens (including phenoxy) is 9. The van der Waals surface area contributed by atoms with Gasteiger partial charge in [-0.2, -0.15) is 0 Å². The molecule has 2 aromatic rings. The van der Waals surface area contributed by atoms with Gasteiger partial charge >= 0.3 is 30.5 Å². The second-order valence-corrected chi connectivity index (χ2v) is 43.0.